The highest BCUT2D eigenvalue weighted by Crippen LogP contribution is 2.13. The van der Waals surface area contributed by atoms with Crippen LogP contribution in [-0.2, 0) is 24.1 Å². The van der Waals surface area contributed by atoms with E-state index in [4.69, 9.17) is 5.73 Å². The van der Waals surface area contributed by atoms with Crippen LogP contribution in [0.25, 0.3) is 0 Å². The summed E-state index contributed by atoms with van der Waals surface area (Å²) in [5.74, 6) is -0.962. The van der Waals surface area contributed by atoms with Crippen molar-refractivity contribution in [2.24, 2.45) is 5.73 Å². The molecule has 0 radical (unpaired) electrons. The topological polar surface area (TPSA) is 95.7 Å². The Morgan fingerprint density at radius 2 is 1.88 bits per heavy atom. The van der Waals surface area contributed by atoms with E-state index in [-0.39, 0.29) is 4.90 Å². The molecule has 1 aromatic rings. The van der Waals surface area contributed by atoms with E-state index in [0.717, 1.165) is 5.56 Å². The molecule has 1 rings (SSSR count). The Labute approximate surface area is 93.0 Å². The van der Waals surface area contributed by atoms with Gasteiger partial charge >= 0.3 is 16.1 Å². The molecule has 0 aromatic heterocycles. The van der Waals surface area contributed by atoms with Gasteiger partial charge < -0.3 is 5.73 Å². The van der Waals surface area contributed by atoms with Crippen molar-refractivity contribution >= 4 is 16.1 Å². The molecular weight excluding hydrogens is 234 g/mol. The first kappa shape index (κ1) is 12.6. The van der Waals surface area contributed by atoms with Crippen LogP contribution in [0, 0.1) is 6.92 Å². The maximum absolute atomic E-state index is 11.4. The molecule has 0 spiro atoms. The summed E-state index contributed by atoms with van der Waals surface area (Å²) in [6.45, 7) is 1.36. The van der Waals surface area contributed by atoms with Crippen LogP contribution in [0.15, 0.2) is 29.2 Å². The molecule has 0 heterocycles. The first-order valence-electron chi connectivity index (χ1n) is 4.36. The second kappa shape index (κ2) is 5.06. The van der Waals surface area contributed by atoms with Gasteiger partial charge in [0.25, 0.3) is 0 Å². The lowest BCUT2D eigenvalue weighted by Gasteiger charge is -2.03. The van der Waals surface area contributed by atoms with Crippen molar-refractivity contribution in [3.8, 4) is 0 Å². The van der Waals surface area contributed by atoms with Gasteiger partial charge in [-0.1, -0.05) is 17.7 Å². The van der Waals surface area contributed by atoms with Crippen molar-refractivity contribution in [1.29, 1.82) is 0 Å². The number of benzene rings is 1. The van der Waals surface area contributed by atoms with Crippen molar-refractivity contribution in [2.45, 2.75) is 11.8 Å². The zero-order valence-corrected chi connectivity index (χ0v) is 9.36. The predicted molar refractivity (Wildman–Crippen MR) is 54.6 cm³/mol. The molecule has 0 bridgehead atoms. The Kier molecular flexibility index (Phi) is 3.99. The van der Waals surface area contributed by atoms with Gasteiger partial charge in [0.15, 0.2) is 0 Å². The van der Waals surface area contributed by atoms with Crippen LogP contribution in [0.1, 0.15) is 5.56 Å². The maximum atomic E-state index is 11.4. The Balaban J connectivity index is 2.78. The molecule has 1 aromatic carbocycles. The minimum atomic E-state index is -4.08. The monoisotopic (exact) mass is 245 g/mol. The summed E-state index contributed by atoms with van der Waals surface area (Å²) in [6, 6.07) is 5.89. The van der Waals surface area contributed by atoms with Gasteiger partial charge in [-0.2, -0.15) is 8.42 Å². The third-order valence-corrected chi connectivity index (χ3v) is 2.79. The zero-order chi connectivity index (χ0) is 12.2. The van der Waals surface area contributed by atoms with Gasteiger partial charge in [0.05, 0.1) is 11.4 Å². The molecule has 0 saturated carbocycles. The van der Waals surface area contributed by atoms with Crippen LogP contribution < -0.4 is 5.73 Å². The molecule has 0 fully saturated rings. The fraction of sp³-hybridized carbons (Fsp3) is 0.222. The Morgan fingerprint density at radius 3 is 2.38 bits per heavy atom. The summed E-state index contributed by atoms with van der Waals surface area (Å²) in [4.78, 5) is 14.5. The van der Waals surface area contributed by atoms with Gasteiger partial charge in [-0.3, -0.25) is 4.89 Å². The Bertz CT molecular complexity index is 465. The number of rotatable bonds is 4. The molecule has 0 aliphatic rings. The quantitative estimate of drug-likeness (QED) is 0.597. The molecular formula is C9H11NO5S. The SMILES string of the molecule is Cc1ccc(S(=O)(=O)OOC(=O)CN)cc1. The van der Waals surface area contributed by atoms with Crippen molar-refractivity contribution in [2.75, 3.05) is 6.54 Å². The molecule has 0 atom stereocenters. The van der Waals surface area contributed by atoms with E-state index in [2.05, 4.69) is 9.22 Å². The van der Waals surface area contributed by atoms with Crippen LogP contribution in [-0.4, -0.2) is 20.9 Å². The summed E-state index contributed by atoms with van der Waals surface area (Å²) in [5, 5.41) is 0. The summed E-state index contributed by atoms with van der Waals surface area (Å²) in [6.07, 6.45) is 0. The van der Waals surface area contributed by atoms with Crippen molar-refractivity contribution in [3.05, 3.63) is 29.8 Å². The molecule has 2 N–H and O–H groups in total. The standard InChI is InChI=1S/C9H11NO5S/c1-7-2-4-8(5-3-7)16(12,13)15-14-9(11)6-10/h2-5H,6,10H2,1H3. The highest BCUT2D eigenvalue weighted by Gasteiger charge is 2.18. The van der Waals surface area contributed by atoms with E-state index < -0.39 is 22.6 Å². The van der Waals surface area contributed by atoms with Gasteiger partial charge in [0.1, 0.15) is 0 Å². The van der Waals surface area contributed by atoms with Crippen LogP contribution in [0.4, 0.5) is 0 Å². The number of hydrogen-bond donors (Lipinski definition) is 1. The number of carbonyl (C=O) groups is 1. The van der Waals surface area contributed by atoms with E-state index in [1.54, 1.807) is 12.1 Å². The van der Waals surface area contributed by atoms with Gasteiger partial charge in [-0.15, -0.1) is 0 Å². The smallest absolute Gasteiger partial charge is 0.321 e. The fourth-order valence-electron chi connectivity index (χ4n) is 0.861. The number of carbonyl (C=O) groups excluding carboxylic acids is 1. The first-order valence-corrected chi connectivity index (χ1v) is 5.77. The van der Waals surface area contributed by atoms with Gasteiger partial charge in [0.2, 0.25) is 0 Å². The zero-order valence-electron chi connectivity index (χ0n) is 8.54. The van der Waals surface area contributed by atoms with Crippen molar-refractivity contribution in [1.82, 2.24) is 0 Å². The van der Waals surface area contributed by atoms with E-state index in [0.29, 0.717) is 0 Å². The summed E-state index contributed by atoms with van der Waals surface area (Å²) >= 11 is 0. The number of aryl methyl sites for hydroxylation is 1. The van der Waals surface area contributed by atoms with Crippen molar-refractivity contribution in [3.63, 3.8) is 0 Å². The van der Waals surface area contributed by atoms with Gasteiger partial charge in [-0.25, -0.2) is 4.79 Å². The largest absolute Gasteiger partial charge is 0.357 e. The molecule has 88 valence electrons. The number of hydrogen-bond acceptors (Lipinski definition) is 6. The third kappa shape index (κ3) is 3.30. The third-order valence-electron chi connectivity index (χ3n) is 1.69. The molecule has 0 amide bonds. The van der Waals surface area contributed by atoms with Crippen LogP contribution in [0.2, 0.25) is 0 Å². The Morgan fingerprint density at radius 1 is 1.31 bits per heavy atom. The lowest BCUT2D eigenvalue weighted by molar-refractivity contribution is -0.209. The second-order valence-corrected chi connectivity index (χ2v) is 4.51. The highest BCUT2D eigenvalue weighted by atomic mass is 32.2. The lowest BCUT2D eigenvalue weighted by atomic mass is 10.2. The predicted octanol–water partition coefficient (Wildman–Crippen LogP) is 0.117. The highest BCUT2D eigenvalue weighted by molar-refractivity contribution is 7.86. The molecule has 16 heavy (non-hydrogen) atoms. The minimum Gasteiger partial charge on any atom is -0.321 e. The molecule has 0 aliphatic heterocycles. The average Bonchev–Trinajstić information content (AvgIpc) is 2.26. The van der Waals surface area contributed by atoms with Crippen LogP contribution in [0.5, 0.6) is 0 Å². The lowest BCUT2D eigenvalue weighted by Crippen LogP contribution is -2.19. The molecule has 0 saturated heterocycles. The van der Waals surface area contributed by atoms with Gasteiger partial charge in [-0.05, 0) is 23.4 Å². The number of nitrogens with two attached hydrogens (primary N) is 1. The normalized spacial score (nSPS) is 11.1. The fourth-order valence-corrected chi connectivity index (χ4v) is 1.57. The minimum absolute atomic E-state index is 0.0945. The van der Waals surface area contributed by atoms with E-state index in [1.165, 1.54) is 12.1 Å². The molecule has 7 heteroatoms. The van der Waals surface area contributed by atoms with E-state index >= 15 is 0 Å². The van der Waals surface area contributed by atoms with Gasteiger partial charge in [0, 0.05) is 0 Å². The van der Waals surface area contributed by atoms with Crippen LogP contribution >= 0.6 is 0 Å². The maximum Gasteiger partial charge on any atom is 0.357 e. The molecule has 6 nitrogen and oxygen atoms in total. The molecule has 0 unspecified atom stereocenters. The summed E-state index contributed by atoms with van der Waals surface area (Å²) in [7, 11) is -4.08. The van der Waals surface area contributed by atoms with E-state index in [9.17, 15) is 13.2 Å². The Hall–Kier alpha value is -1.44. The molecule has 0 aliphatic carbocycles. The van der Waals surface area contributed by atoms with Crippen LogP contribution in [0.3, 0.4) is 0 Å². The second-order valence-electron chi connectivity index (χ2n) is 2.99. The average molecular weight is 245 g/mol. The summed E-state index contributed by atoms with van der Waals surface area (Å²) in [5.41, 5.74) is 5.81. The van der Waals surface area contributed by atoms with E-state index in [1.807, 2.05) is 6.92 Å². The first-order chi connectivity index (χ1) is 7.45. The summed E-state index contributed by atoms with van der Waals surface area (Å²) < 4.78 is 26.9. The van der Waals surface area contributed by atoms with Crippen molar-refractivity contribution < 1.29 is 22.4 Å².